The van der Waals surface area contributed by atoms with Gasteiger partial charge in [-0.15, -0.1) is 0 Å². The molecule has 4 nitrogen and oxygen atoms in total. The van der Waals surface area contributed by atoms with Gasteiger partial charge in [-0.25, -0.2) is 0 Å². The molecule has 0 saturated heterocycles. The number of rotatable bonds is 7. The molecule has 0 fully saturated rings. The summed E-state index contributed by atoms with van der Waals surface area (Å²) in [7, 11) is 1.73. The normalized spacial score (nSPS) is 12.4. The van der Waals surface area contributed by atoms with E-state index in [1.165, 1.54) is 11.3 Å². The van der Waals surface area contributed by atoms with Gasteiger partial charge in [0.05, 0.1) is 18.8 Å². The predicted octanol–water partition coefficient (Wildman–Crippen LogP) is 3.31. The van der Waals surface area contributed by atoms with E-state index in [0.717, 1.165) is 30.8 Å². The van der Waals surface area contributed by atoms with Crippen molar-refractivity contribution in [3.8, 4) is 5.75 Å². The lowest BCUT2D eigenvalue weighted by molar-refractivity contribution is 0.401. The molecule has 0 aliphatic rings. The van der Waals surface area contributed by atoms with Gasteiger partial charge in [0.2, 0.25) is 0 Å². The van der Waals surface area contributed by atoms with Crippen molar-refractivity contribution in [1.82, 2.24) is 15.1 Å². The molecular formula is C17H25N3O. The van der Waals surface area contributed by atoms with Crippen LogP contribution in [0.2, 0.25) is 0 Å². The Morgan fingerprint density at radius 1 is 1.29 bits per heavy atom. The molecule has 21 heavy (non-hydrogen) atoms. The average Bonchev–Trinajstić information content (AvgIpc) is 2.93. The van der Waals surface area contributed by atoms with Crippen molar-refractivity contribution in [3.05, 3.63) is 47.3 Å². The first-order chi connectivity index (χ1) is 10.2. The highest BCUT2D eigenvalue weighted by atomic mass is 16.5. The number of benzene rings is 1. The maximum Gasteiger partial charge on any atom is 0.124 e. The van der Waals surface area contributed by atoms with Crippen molar-refractivity contribution < 1.29 is 4.74 Å². The summed E-state index contributed by atoms with van der Waals surface area (Å²) in [6.45, 7) is 8.18. The molecule has 1 N–H and O–H groups in total. The second-order valence-electron chi connectivity index (χ2n) is 5.22. The smallest absolute Gasteiger partial charge is 0.124 e. The largest absolute Gasteiger partial charge is 0.496 e. The van der Waals surface area contributed by atoms with Crippen LogP contribution in [0.5, 0.6) is 5.75 Å². The first-order valence-corrected chi connectivity index (χ1v) is 7.60. The predicted molar refractivity (Wildman–Crippen MR) is 85.8 cm³/mol. The van der Waals surface area contributed by atoms with Crippen LogP contribution < -0.4 is 10.1 Å². The number of nitrogens with zero attached hydrogens (tertiary/aromatic N) is 2. The van der Waals surface area contributed by atoms with Gasteiger partial charge < -0.3 is 10.1 Å². The summed E-state index contributed by atoms with van der Waals surface area (Å²) >= 11 is 0. The Morgan fingerprint density at radius 3 is 2.76 bits per heavy atom. The number of aromatic nitrogens is 2. The standard InChI is InChI=1S/C17H25N3O/c1-5-11-20-15(9-10-19-20)17(18-6-2)14-8-7-13(3)12-16(14)21-4/h7-10,12,17-18H,5-6,11H2,1-4H3. The molecule has 2 rings (SSSR count). The SMILES string of the molecule is CCCn1nccc1C(NCC)c1ccc(C)cc1OC. The Bertz CT molecular complexity index is 577. The maximum atomic E-state index is 5.58. The van der Waals surface area contributed by atoms with Gasteiger partial charge in [0, 0.05) is 18.3 Å². The van der Waals surface area contributed by atoms with Gasteiger partial charge in [0.1, 0.15) is 5.75 Å². The zero-order valence-electron chi connectivity index (χ0n) is 13.4. The first kappa shape index (κ1) is 15.6. The van der Waals surface area contributed by atoms with Crippen molar-refractivity contribution >= 4 is 0 Å². The van der Waals surface area contributed by atoms with Gasteiger partial charge in [-0.05, 0) is 37.6 Å². The second-order valence-corrected chi connectivity index (χ2v) is 5.22. The third-order valence-corrected chi connectivity index (χ3v) is 3.59. The van der Waals surface area contributed by atoms with Gasteiger partial charge in [0.25, 0.3) is 0 Å². The lowest BCUT2D eigenvalue weighted by atomic mass is 10.0. The molecular weight excluding hydrogens is 262 g/mol. The van der Waals surface area contributed by atoms with E-state index in [0.29, 0.717) is 0 Å². The third-order valence-electron chi connectivity index (χ3n) is 3.59. The van der Waals surface area contributed by atoms with Crippen molar-refractivity contribution in [2.45, 2.75) is 39.8 Å². The van der Waals surface area contributed by atoms with Crippen LogP contribution in [-0.4, -0.2) is 23.4 Å². The Balaban J connectivity index is 2.45. The Kier molecular flexibility index (Phi) is 5.39. The number of hydrogen-bond donors (Lipinski definition) is 1. The van der Waals surface area contributed by atoms with E-state index < -0.39 is 0 Å². The number of aryl methyl sites for hydroxylation is 2. The lowest BCUT2D eigenvalue weighted by Gasteiger charge is -2.22. The highest BCUT2D eigenvalue weighted by molar-refractivity contribution is 5.42. The Morgan fingerprint density at radius 2 is 2.10 bits per heavy atom. The van der Waals surface area contributed by atoms with E-state index in [1.54, 1.807) is 7.11 Å². The number of nitrogens with one attached hydrogen (secondary N) is 1. The monoisotopic (exact) mass is 287 g/mol. The summed E-state index contributed by atoms with van der Waals surface area (Å²) in [6.07, 6.45) is 2.94. The van der Waals surface area contributed by atoms with Crippen LogP contribution in [0.15, 0.2) is 30.5 Å². The summed E-state index contributed by atoms with van der Waals surface area (Å²) in [4.78, 5) is 0. The Hall–Kier alpha value is -1.81. The molecule has 0 bridgehead atoms. The molecule has 1 heterocycles. The van der Waals surface area contributed by atoms with E-state index in [4.69, 9.17) is 4.74 Å². The third kappa shape index (κ3) is 3.45. The molecule has 114 valence electrons. The van der Waals surface area contributed by atoms with Crippen LogP contribution in [0, 0.1) is 6.92 Å². The quantitative estimate of drug-likeness (QED) is 0.849. The fourth-order valence-corrected chi connectivity index (χ4v) is 2.62. The minimum atomic E-state index is 0.0969. The van der Waals surface area contributed by atoms with E-state index in [9.17, 15) is 0 Å². The lowest BCUT2D eigenvalue weighted by Crippen LogP contribution is -2.25. The van der Waals surface area contributed by atoms with E-state index in [-0.39, 0.29) is 6.04 Å². The second kappa shape index (κ2) is 7.27. The maximum absolute atomic E-state index is 5.58. The number of methoxy groups -OCH3 is 1. The van der Waals surface area contributed by atoms with E-state index in [1.807, 2.05) is 6.20 Å². The van der Waals surface area contributed by atoms with Crippen LogP contribution in [0.25, 0.3) is 0 Å². The molecule has 0 spiro atoms. The van der Waals surface area contributed by atoms with Crippen molar-refractivity contribution in [1.29, 1.82) is 0 Å². The van der Waals surface area contributed by atoms with Crippen LogP contribution in [0.3, 0.4) is 0 Å². The molecule has 1 atom stereocenters. The molecule has 1 aromatic carbocycles. The molecule has 0 amide bonds. The highest BCUT2D eigenvalue weighted by Crippen LogP contribution is 2.30. The van der Waals surface area contributed by atoms with Crippen molar-refractivity contribution in [3.63, 3.8) is 0 Å². The van der Waals surface area contributed by atoms with E-state index >= 15 is 0 Å². The Labute approximate surface area is 127 Å². The number of hydrogen-bond acceptors (Lipinski definition) is 3. The molecule has 2 aromatic rings. The molecule has 4 heteroatoms. The summed E-state index contributed by atoms with van der Waals surface area (Å²) in [6, 6.07) is 8.54. The summed E-state index contributed by atoms with van der Waals surface area (Å²) in [5.74, 6) is 0.921. The molecule has 1 aromatic heterocycles. The fraction of sp³-hybridized carbons (Fsp3) is 0.471. The zero-order valence-corrected chi connectivity index (χ0v) is 13.4. The van der Waals surface area contributed by atoms with Gasteiger partial charge in [-0.3, -0.25) is 4.68 Å². The molecule has 0 radical (unpaired) electrons. The van der Waals surface area contributed by atoms with Gasteiger partial charge in [0.15, 0.2) is 0 Å². The molecule has 0 aliphatic carbocycles. The molecule has 0 aliphatic heterocycles. The summed E-state index contributed by atoms with van der Waals surface area (Å²) in [5.41, 5.74) is 3.54. The van der Waals surface area contributed by atoms with Crippen LogP contribution >= 0.6 is 0 Å². The topological polar surface area (TPSA) is 39.1 Å². The fourth-order valence-electron chi connectivity index (χ4n) is 2.62. The van der Waals surface area contributed by atoms with E-state index in [2.05, 4.69) is 60.1 Å². The van der Waals surface area contributed by atoms with Crippen LogP contribution in [0.4, 0.5) is 0 Å². The van der Waals surface area contributed by atoms with Gasteiger partial charge in [-0.1, -0.05) is 26.0 Å². The first-order valence-electron chi connectivity index (χ1n) is 7.60. The molecule has 1 unspecified atom stereocenters. The molecule has 0 saturated carbocycles. The zero-order chi connectivity index (χ0) is 15.2. The average molecular weight is 287 g/mol. The van der Waals surface area contributed by atoms with Crippen molar-refractivity contribution in [2.75, 3.05) is 13.7 Å². The minimum absolute atomic E-state index is 0.0969. The van der Waals surface area contributed by atoms with Crippen LogP contribution in [0.1, 0.15) is 43.1 Å². The number of ether oxygens (including phenoxy) is 1. The van der Waals surface area contributed by atoms with Gasteiger partial charge in [-0.2, -0.15) is 5.10 Å². The van der Waals surface area contributed by atoms with Crippen LogP contribution in [-0.2, 0) is 6.54 Å². The highest BCUT2D eigenvalue weighted by Gasteiger charge is 2.20. The van der Waals surface area contributed by atoms with Crippen molar-refractivity contribution in [2.24, 2.45) is 0 Å². The minimum Gasteiger partial charge on any atom is -0.496 e. The van der Waals surface area contributed by atoms with Gasteiger partial charge >= 0.3 is 0 Å². The summed E-state index contributed by atoms with van der Waals surface area (Å²) in [5, 5.41) is 8.00. The summed E-state index contributed by atoms with van der Waals surface area (Å²) < 4.78 is 7.66.